The summed E-state index contributed by atoms with van der Waals surface area (Å²) in [5.74, 6) is -0.165. The molecule has 0 unspecified atom stereocenters. The normalized spacial score (nSPS) is 11.0. The second-order valence-corrected chi connectivity index (χ2v) is 6.53. The molecule has 0 bridgehead atoms. The topological polar surface area (TPSA) is 64.7 Å². The average Bonchev–Trinajstić information content (AvgIpc) is 3.27. The quantitative estimate of drug-likeness (QED) is 0.592. The van der Waals surface area contributed by atoms with Crippen molar-refractivity contribution in [3.05, 3.63) is 77.7 Å². The fourth-order valence-electron chi connectivity index (χ4n) is 3.19. The second-order valence-electron chi connectivity index (χ2n) is 6.53. The SMILES string of the molecule is CCc1nn(Cc2ccc(NC(=O)c3cnn(C)c3)cc2)c2ccccc12. The van der Waals surface area contributed by atoms with Gasteiger partial charge in [-0.3, -0.25) is 14.2 Å². The Kier molecular flexibility index (Phi) is 4.46. The molecule has 0 spiro atoms. The van der Waals surface area contributed by atoms with Gasteiger partial charge in [-0.1, -0.05) is 37.3 Å². The minimum absolute atomic E-state index is 0.165. The van der Waals surface area contributed by atoms with Gasteiger partial charge in [0.05, 0.1) is 29.5 Å². The molecule has 0 aliphatic carbocycles. The molecule has 0 atom stereocenters. The van der Waals surface area contributed by atoms with Crippen LogP contribution in [0, 0.1) is 0 Å². The molecule has 136 valence electrons. The highest BCUT2D eigenvalue weighted by Gasteiger charge is 2.10. The monoisotopic (exact) mass is 359 g/mol. The number of fused-ring (bicyclic) bond motifs is 1. The van der Waals surface area contributed by atoms with Crippen molar-refractivity contribution in [2.24, 2.45) is 7.05 Å². The number of benzene rings is 2. The summed E-state index contributed by atoms with van der Waals surface area (Å²) in [7, 11) is 1.79. The maximum atomic E-state index is 12.2. The van der Waals surface area contributed by atoms with Gasteiger partial charge < -0.3 is 5.32 Å². The largest absolute Gasteiger partial charge is 0.322 e. The number of rotatable bonds is 5. The number of hydrogen-bond donors (Lipinski definition) is 1. The number of para-hydroxylation sites is 1. The predicted molar refractivity (Wildman–Crippen MR) is 106 cm³/mol. The van der Waals surface area contributed by atoms with Crippen LogP contribution in [0.15, 0.2) is 60.9 Å². The summed E-state index contributed by atoms with van der Waals surface area (Å²) >= 11 is 0. The lowest BCUT2D eigenvalue weighted by Gasteiger charge is -2.07. The summed E-state index contributed by atoms with van der Waals surface area (Å²) < 4.78 is 3.65. The number of carbonyl (C=O) groups excluding carboxylic acids is 1. The molecule has 0 saturated carbocycles. The highest BCUT2D eigenvalue weighted by molar-refractivity contribution is 6.03. The molecule has 2 aromatic heterocycles. The molecule has 6 nitrogen and oxygen atoms in total. The van der Waals surface area contributed by atoms with Gasteiger partial charge in [0.1, 0.15) is 0 Å². The summed E-state index contributed by atoms with van der Waals surface area (Å²) in [4.78, 5) is 12.2. The molecule has 4 rings (SSSR count). The first-order valence-corrected chi connectivity index (χ1v) is 8.97. The Balaban J connectivity index is 1.51. The Bertz CT molecular complexity index is 1090. The summed E-state index contributed by atoms with van der Waals surface area (Å²) in [5, 5.41) is 12.9. The number of anilines is 1. The lowest BCUT2D eigenvalue weighted by Crippen LogP contribution is -2.11. The number of aryl methyl sites for hydroxylation is 2. The van der Waals surface area contributed by atoms with Gasteiger partial charge in [0, 0.05) is 24.3 Å². The Hall–Kier alpha value is -3.41. The van der Waals surface area contributed by atoms with E-state index < -0.39 is 0 Å². The van der Waals surface area contributed by atoms with Crippen LogP contribution in [-0.4, -0.2) is 25.5 Å². The van der Waals surface area contributed by atoms with Crippen LogP contribution in [-0.2, 0) is 20.0 Å². The molecular weight excluding hydrogens is 338 g/mol. The summed E-state index contributed by atoms with van der Waals surface area (Å²) in [6, 6.07) is 16.2. The van der Waals surface area contributed by atoms with Crippen molar-refractivity contribution in [2.45, 2.75) is 19.9 Å². The van der Waals surface area contributed by atoms with Gasteiger partial charge in [0.15, 0.2) is 0 Å². The van der Waals surface area contributed by atoms with Gasteiger partial charge in [0.25, 0.3) is 5.91 Å². The molecule has 27 heavy (non-hydrogen) atoms. The molecule has 0 aliphatic heterocycles. The zero-order chi connectivity index (χ0) is 18.8. The Labute approximate surface area is 157 Å². The van der Waals surface area contributed by atoms with Crippen LogP contribution in [0.1, 0.15) is 28.5 Å². The summed E-state index contributed by atoms with van der Waals surface area (Å²) in [6.07, 6.45) is 4.16. The minimum Gasteiger partial charge on any atom is -0.322 e. The van der Waals surface area contributed by atoms with Crippen LogP contribution in [0.2, 0.25) is 0 Å². The first-order valence-electron chi connectivity index (χ1n) is 8.97. The molecule has 1 N–H and O–H groups in total. The lowest BCUT2D eigenvalue weighted by molar-refractivity contribution is 0.102. The van der Waals surface area contributed by atoms with E-state index in [-0.39, 0.29) is 5.91 Å². The zero-order valence-corrected chi connectivity index (χ0v) is 15.4. The van der Waals surface area contributed by atoms with Crippen molar-refractivity contribution in [1.29, 1.82) is 0 Å². The molecule has 4 aromatic rings. The van der Waals surface area contributed by atoms with Crippen LogP contribution in [0.4, 0.5) is 5.69 Å². The third kappa shape index (κ3) is 3.46. The van der Waals surface area contributed by atoms with Crippen LogP contribution in [0.5, 0.6) is 0 Å². The van der Waals surface area contributed by atoms with Gasteiger partial charge in [-0.2, -0.15) is 10.2 Å². The highest BCUT2D eigenvalue weighted by Crippen LogP contribution is 2.20. The first kappa shape index (κ1) is 17.0. The summed E-state index contributed by atoms with van der Waals surface area (Å²) in [5.41, 5.74) is 4.68. The van der Waals surface area contributed by atoms with Crippen LogP contribution in [0.3, 0.4) is 0 Å². The van der Waals surface area contributed by atoms with Gasteiger partial charge in [0.2, 0.25) is 0 Å². The maximum Gasteiger partial charge on any atom is 0.258 e. The number of nitrogens with zero attached hydrogens (tertiary/aromatic N) is 4. The van der Waals surface area contributed by atoms with Gasteiger partial charge in [-0.25, -0.2) is 0 Å². The van der Waals surface area contributed by atoms with E-state index in [0.717, 1.165) is 28.9 Å². The molecule has 2 aromatic carbocycles. The zero-order valence-electron chi connectivity index (χ0n) is 15.4. The van der Waals surface area contributed by atoms with Crippen LogP contribution < -0.4 is 5.32 Å². The maximum absolute atomic E-state index is 12.2. The number of amides is 1. The average molecular weight is 359 g/mol. The van der Waals surface area contributed by atoms with E-state index in [1.54, 1.807) is 24.1 Å². The number of aromatic nitrogens is 4. The Morgan fingerprint density at radius 3 is 2.59 bits per heavy atom. The van der Waals surface area contributed by atoms with Crippen LogP contribution in [0.25, 0.3) is 10.9 Å². The van der Waals surface area contributed by atoms with E-state index in [0.29, 0.717) is 12.1 Å². The second kappa shape index (κ2) is 7.07. The molecular formula is C21H21N5O. The molecule has 0 fully saturated rings. The smallest absolute Gasteiger partial charge is 0.258 e. The molecule has 1 amide bonds. The van der Waals surface area contributed by atoms with Crippen molar-refractivity contribution in [3.63, 3.8) is 0 Å². The van der Waals surface area contributed by atoms with E-state index in [2.05, 4.69) is 29.5 Å². The molecule has 0 saturated heterocycles. The first-order chi connectivity index (χ1) is 13.1. The number of nitrogens with one attached hydrogen (secondary N) is 1. The van der Waals surface area contributed by atoms with E-state index in [1.807, 2.05) is 41.1 Å². The van der Waals surface area contributed by atoms with Crippen molar-refractivity contribution >= 4 is 22.5 Å². The van der Waals surface area contributed by atoms with Gasteiger partial charge in [-0.15, -0.1) is 0 Å². The van der Waals surface area contributed by atoms with E-state index in [1.165, 1.54) is 5.39 Å². The van der Waals surface area contributed by atoms with Crippen LogP contribution >= 0.6 is 0 Å². The van der Waals surface area contributed by atoms with E-state index >= 15 is 0 Å². The van der Waals surface area contributed by atoms with Crippen molar-refractivity contribution in [3.8, 4) is 0 Å². The molecule has 0 radical (unpaired) electrons. The molecule has 2 heterocycles. The predicted octanol–water partition coefficient (Wildman–Crippen LogP) is 3.63. The number of hydrogen-bond acceptors (Lipinski definition) is 3. The molecule has 6 heteroatoms. The van der Waals surface area contributed by atoms with E-state index in [4.69, 9.17) is 5.10 Å². The van der Waals surface area contributed by atoms with Crippen molar-refractivity contribution in [1.82, 2.24) is 19.6 Å². The third-order valence-electron chi connectivity index (χ3n) is 4.58. The standard InChI is InChI=1S/C21H21N5O/c1-3-19-18-6-4-5-7-20(18)26(24-19)13-15-8-10-17(11-9-15)23-21(27)16-12-22-25(2)14-16/h4-12,14H,3,13H2,1-2H3,(H,23,27). The van der Waals surface area contributed by atoms with Gasteiger partial charge >= 0.3 is 0 Å². The summed E-state index contributed by atoms with van der Waals surface area (Å²) in [6.45, 7) is 2.82. The fourth-order valence-corrected chi connectivity index (χ4v) is 3.19. The highest BCUT2D eigenvalue weighted by atomic mass is 16.1. The third-order valence-corrected chi connectivity index (χ3v) is 4.58. The van der Waals surface area contributed by atoms with Gasteiger partial charge in [-0.05, 0) is 30.2 Å². The number of carbonyl (C=O) groups is 1. The van der Waals surface area contributed by atoms with Crippen molar-refractivity contribution in [2.75, 3.05) is 5.32 Å². The lowest BCUT2D eigenvalue weighted by atomic mass is 10.1. The van der Waals surface area contributed by atoms with Crippen molar-refractivity contribution < 1.29 is 4.79 Å². The minimum atomic E-state index is -0.165. The Morgan fingerprint density at radius 1 is 1.11 bits per heavy atom. The fraction of sp³-hybridized carbons (Fsp3) is 0.190. The van der Waals surface area contributed by atoms with E-state index in [9.17, 15) is 4.79 Å². The molecule has 0 aliphatic rings. The Morgan fingerprint density at radius 2 is 1.89 bits per heavy atom.